The van der Waals surface area contributed by atoms with Crippen LogP contribution < -0.4 is 5.73 Å². The van der Waals surface area contributed by atoms with Gasteiger partial charge in [0.1, 0.15) is 4.90 Å². The van der Waals surface area contributed by atoms with Crippen molar-refractivity contribution in [1.82, 2.24) is 4.31 Å². The number of fused-ring (bicyclic) bond motifs is 1. The second-order valence-electron chi connectivity index (χ2n) is 5.21. The van der Waals surface area contributed by atoms with Crippen LogP contribution in [0.2, 0.25) is 0 Å². The Hall–Kier alpha value is -0.950. The van der Waals surface area contributed by atoms with E-state index in [0.29, 0.717) is 4.90 Å². The average Bonchev–Trinajstić information content (AvgIpc) is 2.85. The van der Waals surface area contributed by atoms with Gasteiger partial charge < -0.3 is 5.73 Å². The van der Waals surface area contributed by atoms with Gasteiger partial charge >= 0.3 is 0 Å². The smallest absolute Gasteiger partial charge is 0.244 e. The van der Waals surface area contributed by atoms with Gasteiger partial charge in [-0.15, -0.1) is 11.3 Å². The van der Waals surface area contributed by atoms with E-state index in [2.05, 4.69) is 6.92 Å². The van der Waals surface area contributed by atoms with E-state index in [9.17, 15) is 8.42 Å². The molecule has 0 amide bonds. The van der Waals surface area contributed by atoms with Crippen LogP contribution in [0.1, 0.15) is 31.6 Å². The number of sulfonamides is 1. The predicted octanol–water partition coefficient (Wildman–Crippen LogP) is 3.17. The molecular weight excluding hydrogens is 304 g/mol. The Morgan fingerprint density at radius 1 is 1.33 bits per heavy atom. The maximum atomic E-state index is 13.0. The molecule has 0 radical (unpaired) electrons. The van der Waals surface area contributed by atoms with Crippen LogP contribution in [0.25, 0.3) is 10.1 Å². The van der Waals surface area contributed by atoms with E-state index in [-0.39, 0.29) is 12.6 Å². The molecular formula is C15H22N2O2S2. The zero-order valence-corrected chi connectivity index (χ0v) is 14.3. The normalized spacial score (nSPS) is 14.0. The Morgan fingerprint density at radius 3 is 2.62 bits per heavy atom. The van der Waals surface area contributed by atoms with Crippen molar-refractivity contribution >= 4 is 31.4 Å². The number of rotatable bonds is 6. The first kappa shape index (κ1) is 16.4. The number of benzene rings is 1. The van der Waals surface area contributed by atoms with Gasteiger partial charge in [0, 0.05) is 34.6 Å². The van der Waals surface area contributed by atoms with Gasteiger partial charge in [0.15, 0.2) is 0 Å². The summed E-state index contributed by atoms with van der Waals surface area (Å²) in [7, 11) is -1.87. The van der Waals surface area contributed by atoms with Crippen molar-refractivity contribution < 1.29 is 8.42 Å². The molecule has 1 atom stereocenters. The largest absolute Gasteiger partial charge is 0.326 e. The van der Waals surface area contributed by atoms with Crippen LogP contribution in [0.3, 0.4) is 0 Å². The van der Waals surface area contributed by atoms with Crippen LogP contribution in [0.5, 0.6) is 0 Å². The first-order valence-corrected chi connectivity index (χ1v) is 9.37. The Kier molecular flexibility index (Phi) is 5.03. The lowest BCUT2D eigenvalue weighted by Gasteiger charge is -2.24. The van der Waals surface area contributed by atoms with Crippen LogP contribution >= 0.6 is 11.3 Å². The highest BCUT2D eigenvalue weighted by atomic mass is 32.2. The van der Waals surface area contributed by atoms with Crippen molar-refractivity contribution in [3.63, 3.8) is 0 Å². The number of hydrogen-bond donors (Lipinski definition) is 1. The highest BCUT2D eigenvalue weighted by Crippen LogP contribution is 2.36. The minimum atomic E-state index is -3.52. The topological polar surface area (TPSA) is 63.4 Å². The Labute approximate surface area is 130 Å². The van der Waals surface area contributed by atoms with Crippen molar-refractivity contribution in [3.05, 3.63) is 29.1 Å². The van der Waals surface area contributed by atoms with Crippen LogP contribution in [-0.2, 0) is 16.6 Å². The minimum Gasteiger partial charge on any atom is -0.326 e. The van der Waals surface area contributed by atoms with Gasteiger partial charge in [-0.1, -0.05) is 31.5 Å². The third-order valence-electron chi connectivity index (χ3n) is 3.77. The summed E-state index contributed by atoms with van der Waals surface area (Å²) in [6.07, 6.45) is 1.80. The molecule has 0 aliphatic rings. The van der Waals surface area contributed by atoms with Crippen LogP contribution in [0.4, 0.5) is 0 Å². The molecule has 0 saturated heterocycles. The highest BCUT2D eigenvalue weighted by molar-refractivity contribution is 7.89. The average molecular weight is 326 g/mol. The first-order chi connectivity index (χ1) is 9.93. The zero-order valence-electron chi connectivity index (χ0n) is 12.7. The van der Waals surface area contributed by atoms with Gasteiger partial charge in [-0.05, 0) is 19.4 Å². The molecule has 2 rings (SSSR count). The van der Waals surface area contributed by atoms with Gasteiger partial charge in [0.05, 0.1) is 0 Å². The fraction of sp³-hybridized carbons (Fsp3) is 0.467. The summed E-state index contributed by atoms with van der Waals surface area (Å²) in [5.41, 5.74) is 5.77. The van der Waals surface area contributed by atoms with Gasteiger partial charge in [0.25, 0.3) is 0 Å². The second kappa shape index (κ2) is 6.44. The predicted molar refractivity (Wildman–Crippen MR) is 89.0 cm³/mol. The summed E-state index contributed by atoms with van der Waals surface area (Å²) in [4.78, 5) is 1.11. The maximum Gasteiger partial charge on any atom is 0.244 e. The van der Waals surface area contributed by atoms with Gasteiger partial charge in [-0.25, -0.2) is 8.42 Å². The molecule has 0 saturated carbocycles. The highest BCUT2D eigenvalue weighted by Gasteiger charge is 2.30. The molecule has 1 unspecified atom stereocenters. The number of hydrogen-bond acceptors (Lipinski definition) is 4. The second-order valence-corrected chi connectivity index (χ2v) is 8.28. The molecule has 0 fully saturated rings. The lowest BCUT2D eigenvalue weighted by Crippen LogP contribution is -2.35. The Bertz CT molecular complexity index is 722. The summed E-state index contributed by atoms with van der Waals surface area (Å²) in [5.74, 6) is 0. The van der Waals surface area contributed by atoms with Crippen molar-refractivity contribution in [2.24, 2.45) is 5.73 Å². The van der Waals surface area contributed by atoms with E-state index in [1.807, 2.05) is 31.2 Å². The van der Waals surface area contributed by atoms with E-state index < -0.39 is 10.0 Å². The van der Waals surface area contributed by atoms with E-state index in [1.165, 1.54) is 15.6 Å². The van der Waals surface area contributed by atoms with E-state index in [0.717, 1.165) is 27.8 Å². The summed E-state index contributed by atoms with van der Waals surface area (Å²) in [5, 5.41) is 0.776. The third kappa shape index (κ3) is 2.99. The molecule has 2 N–H and O–H groups in total. The Balaban J connectivity index is 2.59. The summed E-state index contributed by atoms with van der Waals surface area (Å²) < 4.78 is 28.4. The fourth-order valence-electron chi connectivity index (χ4n) is 2.47. The van der Waals surface area contributed by atoms with E-state index in [1.54, 1.807) is 7.05 Å². The molecule has 2 aromatic rings. The van der Waals surface area contributed by atoms with E-state index in [4.69, 9.17) is 5.73 Å². The molecule has 6 heteroatoms. The number of thiophene rings is 1. The van der Waals surface area contributed by atoms with Crippen molar-refractivity contribution in [1.29, 1.82) is 0 Å². The number of nitrogens with two attached hydrogens (primary N) is 1. The lowest BCUT2D eigenvalue weighted by molar-refractivity contribution is 0.369. The summed E-state index contributed by atoms with van der Waals surface area (Å²) in [6.45, 7) is 4.24. The first-order valence-electron chi connectivity index (χ1n) is 7.12. The van der Waals surface area contributed by atoms with Gasteiger partial charge in [-0.3, -0.25) is 0 Å². The van der Waals surface area contributed by atoms with Crippen LogP contribution in [-0.4, -0.2) is 25.8 Å². The maximum absolute atomic E-state index is 13.0. The summed E-state index contributed by atoms with van der Waals surface area (Å²) >= 11 is 1.46. The number of nitrogens with zero attached hydrogens (tertiary/aromatic N) is 1. The van der Waals surface area contributed by atoms with Crippen LogP contribution in [0, 0.1) is 0 Å². The quantitative estimate of drug-likeness (QED) is 0.887. The Morgan fingerprint density at radius 2 is 2.00 bits per heavy atom. The molecule has 21 heavy (non-hydrogen) atoms. The molecule has 1 aromatic heterocycles. The molecule has 0 aliphatic carbocycles. The van der Waals surface area contributed by atoms with Crippen molar-refractivity contribution in [2.75, 3.05) is 7.05 Å². The summed E-state index contributed by atoms with van der Waals surface area (Å²) in [6, 6.07) is 7.55. The fourth-order valence-corrected chi connectivity index (χ4v) is 5.65. The minimum absolute atomic E-state index is 0.0238. The molecule has 1 heterocycles. The monoisotopic (exact) mass is 326 g/mol. The van der Waals surface area contributed by atoms with Crippen molar-refractivity contribution in [3.8, 4) is 0 Å². The van der Waals surface area contributed by atoms with Crippen LogP contribution in [0.15, 0.2) is 29.2 Å². The third-order valence-corrected chi connectivity index (χ3v) is 7.19. The zero-order chi connectivity index (χ0) is 15.6. The molecule has 0 spiro atoms. The molecule has 0 aliphatic heterocycles. The molecule has 4 nitrogen and oxygen atoms in total. The van der Waals surface area contributed by atoms with E-state index >= 15 is 0 Å². The standard InChI is InChI=1S/C15H22N2O2S2/c1-4-7-11(2)17(3)21(18,19)15-12-8-5-6-9-13(12)20-14(15)10-16/h5-6,8-9,11H,4,7,10,16H2,1-3H3. The lowest BCUT2D eigenvalue weighted by atomic mass is 10.2. The molecule has 1 aromatic carbocycles. The molecule has 0 bridgehead atoms. The van der Waals surface area contributed by atoms with Crippen molar-refractivity contribution in [2.45, 2.75) is 44.2 Å². The molecule has 116 valence electrons. The SMILES string of the molecule is CCCC(C)N(C)S(=O)(=O)c1c(CN)sc2ccccc12. The van der Waals surface area contributed by atoms with Gasteiger partial charge in [0.2, 0.25) is 10.0 Å². The van der Waals surface area contributed by atoms with Gasteiger partial charge in [-0.2, -0.15) is 4.31 Å².